The molecule has 0 N–H and O–H groups in total. The van der Waals surface area contributed by atoms with Gasteiger partial charge in [-0.05, 0) is 65.2 Å². The molecule has 0 aliphatic carbocycles. The van der Waals surface area contributed by atoms with Gasteiger partial charge in [-0.1, -0.05) is 12.1 Å². The maximum atomic E-state index is 13.3. The van der Waals surface area contributed by atoms with Gasteiger partial charge in [0.1, 0.15) is 5.82 Å². The molecule has 2 rings (SSSR count). The van der Waals surface area contributed by atoms with Crippen LogP contribution >= 0.6 is 15.9 Å². The van der Waals surface area contributed by atoms with E-state index in [-0.39, 0.29) is 11.6 Å². The van der Waals surface area contributed by atoms with Crippen LogP contribution in [0, 0.1) is 19.7 Å². The zero-order chi connectivity index (χ0) is 13.3. The van der Waals surface area contributed by atoms with Crippen molar-refractivity contribution in [3.63, 3.8) is 0 Å². The summed E-state index contributed by atoms with van der Waals surface area (Å²) in [6, 6.07) is 9.84. The zero-order valence-corrected chi connectivity index (χ0v) is 11.7. The van der Waals surface area contributed by atoms with Crippen LogP contribution in [0.5, 0.6) is 0 Å². The molecule has 0 heterocycles. The average Bonchev–Trinajstić information content (AvgIpc) is 2.30. The first-order chi connectivity index (χ1) is 8.49. The van der Waals surface area contributed by atoms with E-state index in [1.807, 2.05) is 19.1 Å². The van der Waals surface area contributed by atoms with Gasteiger partial charge in [0.25, 0.3) is 0 Å². The Bertz CT molecular complexity index is 600. The Balaban J connectivity index is 2.51. The Kier molecular flexibility index (Phi) is 3.62. The fourth-order valence-corrected chi connectivity index (χ4v) is 2.29. The number of hydrogen-bond acceptors (Lipinski definition) is 1. The van der Waals surface area contributed by atoms with Crippen LogP contribution in [0.2, 0.25) is 0 Å². The Labute approximate surface area is 114 Å². The SMILES string of the molecule is Cc1cc(F)cc(C(=O)c2cccc(C)c2Br)c1. The predicted octanol–water partition coefficient (Wildman–Crippen LogP) is 4.44. The third-order valence-corrected chi connectivity index (χ3v) is 3.79. The third kappa shape index (κ3) is 2.51. The summed E-state index contributed by atoms with van der Waals surface area (Å²) < 4.78 is 14.1. The summed E-state index contributed by atoms with van der Waals surface area (Å²) >= 11 is 3.40. The normalized spacial score (nSPS) is 10.4. The van der Waals surface area contributed by atoms with Crippen molar-refractivity contribution in [2.45, 2.75) is 13.8 Å². The molecule has 18 heavy (non-hydrogen) atoms. The smallest absolute Gasteiger partial charge is 0.194 e. The summed E-state index contributed by atoms with van der Waals surface area (Å²) in [7, 11) is 0. The largest absolute Gasteiger partial charge is 0.289 e. The molecule has 0 aliphatic rings. The maximum Gasteiger partial charge on any atom is 0.194 e. The van der Waals surface area contributed by atoms with Crippen LogP contribution in [0.1, 0.15) is 27.0 Å². The molecule has 2 aromatic carbocycles. The number of ketones is 1. The highest BCUT2D eigenvalue weighted by atomic mass is 79.9. The lowest BCUT2D eigenvalue weighted by atomic mass is 10.00. The molecule has 2 aromatic rings. The standard InChI is InChI=1S/C15H12BrFO/c1-9-6-11(8-12(17)7-9)15(18)13-5-3-4-10(2)14(13)16/h3-8H,1-2H3. The number of hydrogen-bond donors (Lipinski definition) is 0. The van der Waals surface area contributed by atoms with Crippen LogP contribution in [-0.2, 0) is 0 Å². The van der Waals surface area contributed by atoms with Crippen LogP contribution in [-0.4, -0.2) is 5.78 Å². The first kappa shape index (κ1) is 13.0. The van der Waals surface area contributed by atoms with E-state index in [9.17, 15) is 9.18 Å². The minimum atomic E-state index is -0.387. The van der Waals surface area contributed by atoms with Gasteiger partial charge in [0.2, 0.25) is 0 Å². The van der Waals surface area contributed by atoms with E-state index in [0.717, 1.165) is 15.6 Å². The number of halogens is 2. The second kappa shape index (κ2) is 5.02. The predicted molar refractivity (Wildman–Crippen MR) is 73.4 cm³/mol. The molecule has 1 nitrogen and oxygen atoms in total. The van der Waals surface area contributed by atoms with Crippen molar-refractivity contribution in [3.05, 3.63) is 68.9 Å². The van der Waals surface area contributed by atoms with Crippen molar-refractivity contribution < 1.29 is 9.18 Å². The van der Waals surface area contributed by atoms with Crippen LogP contribution in [0.25, 0.3) is 0 Å². The number of carbonyl (C=O) groups is 1. The van der Waals surface area contributed by atoms with Gasteiger partial charge >= 0.3 is 0 Å². The van der Waals surface area contributed by atoms with Gasteiger partial charge in [-0.15, -0.1) is 0 Å². The zero-order valence-electron chi connectivity index (χ0n) is 10.1. The molecule has 0 aliphatic heterocycles. The first-order valence-electron chi connectivity index (χ1n) is 5.56. The Hall–Kier alpha value is -1.48. The van der Waals surface area contributed by atoms with Crippen molar-refractivity contribution in [3.8, 4) is 0 Å². The molecular formula is C15H12BrFO. The summed E-state index contributed by atoms with van der Waals surface area (Å²) in [6.45, 7) is 3.68. The molecule has 0 unspecified atom stereocenters. The number of aryl methyl sites for hydroxylation is 2. The van der Waals surface area contributed by atoms with Gasteiger partial charge in [-0.3, -0.25) is 4.79 Å². The highest BCUT2D eigenvalue weighted by Crippen LogP contribution is 2.24. The second-order valence-electron chi connectivity index (χ2n) is 4.28. The van der Waals surface area contributed by atoms with Crippen molar-refractivity contribution in [1.82, 2.24) is 0 Å². The summed E-state index contributed by atoms with van der Waals surface area (Å²) in [5.41, 5.74) is 2.65. The van der Waals surface area contributed by atoms with Crippen molar-refractivity contribution in [2.75, 3.05) is 0 Å². The van der Waals surface area contributed by atoms with E-state index in [1.165, 1.54) is 12.1 Å². The van der Waals surface area contributed by atoms with Gasteiger partial charge in [0, 0.05) is 15.6 Å². The van der Waals surface area contributed by atoms with Gasteiger partial charge in [0.05, 0.1) is 0 Å². The molecular weight excluding hydrogens is 295 g/mol. The van der Waals surface area contributed by atoms with E-state index in [2.05, 4.69) is 15.9 Å². The Morgan fingerprint density at radius 3 is 2.56 bits per heavy atom. The molecule has 92 valence electrons. The molecule has 0 aromatic heterocycles. The van der Waals surface area contributed by atoms with Crippen LogP contribution in [0.3, 0.4) is 0 Å². The Morgan fingerprint density at radius 2 is 1.89 bits per heavy atom. The maximum absolute atomic E-state index is 13.3. The average molecular weight is 307 g/mol. The summed E-state index contributed by atoms with van der Waals surface area (Å²) in [6.07, 6.45) is 0. The molecule has 0 spiro atoms. The van der Waals surface area contributed by atoms with E-state index in [0.29, 0.717) is 11.1 Å². The van der Waals surface area contributed by atoms with Gasteiger partial charge < -0.3 is 0 Å². The van der Waals surface area contributed by atoms with Gasteiger partial charge in [-0.25, -0.2) is 4.39 Å². The summed E-state index contributed by atoms with van der Waals surface area (Å²) in [5, 5.41) is 0. The first-order valence-corrected chi connectivity index (χ1v) is 6.35. The minimum Gasteiger partial charge on any atom is -0.289 e. The lowest BCUT2D eigenvalue weighted by Gasteiger charge is -2.07. The van der Waals surface area contributed by atoms with Gasteiger partial charge in [-0.2, -0.15) is 0 Å². The minimum absolute atomic E-state index is 0.173. The fraction of sp³-hybridized carbons (Fsp3) is 0.133. The monoisotopic (exact) mass is 306 g/mol. The molecule has 0 fully saturated rings. The highest BCUT2D eigenvalue weighted by Gasteiger charge is 2.14. The number of benzene rings is 2. The van der Waals surface area contributed by atoms with Crippen LogP contribution < -0.4 is 0 Å². The lowest BCUT2D eigenvalue weighted by Crippen LogP contribution is -2.04. The van der Waals surface area contributed by atoms with Crippen molar-refractivity contribution in [2.24, 2.45) is 0 Å². The van der Waals surface area contributed by atoms with Crippen LogP contribution in [0.4, 0.5) is 4.39 Å². The summed E-state index contributed by atoms with van der Waals surface area (Å²) in [4.78, 5) is 12.3. The van der Waals surface area contributed by atoms with Crippen molar-refractivity contribution >= 4 is 21.7 Å². The van der Waals surface area contributed by atoms with E-state index < -0.39 is 0 Å². The molecule has 0 atom stereocenters. The van der Waals surface area contributed by atoms with Crippen molar-refractivity contribution in [1.29, 1.82) is 0 Å². The third-order valence-electron chi connectivity index (χ3n) is 2.74. The Morgan fingerprint density at radius 1 is 1.17 bits per heavy atom. The molecule has 0 saturated heterocycles. The number of carbonyl (C=O) groups excluding carboxylic acids is 1. The molecule has 0 saturated carbocycles. The van der Waals surface area contributed by atoms with Gasteiger partial charge in [0.15, 0.2) is 5.78 Å². The topological polar surface area (TPSA) is 17.1 Å². The quantitative estimate of drug-likeness (QED) is 0.750. The second-order valence-corrected chi connectivity index (χ2v) is 5.08. The summed E-state index contributed by atoms with van der Waals surface area (Å²) in [5.74, 6) is -0.560. The molecule has 0 amide bonds. The molecule has 0 radical (unpaired) electrons. The van der Waals surface area contributed by atoms with E-state index in [1.54, 1.807) is 19.1 Å². The lowest BCUT2D eigenvalue weighted by molar-refractivity contribution is 0.103. The van der Waals surface area contributed by atoms with E-state index in [4.69, 9.17) is 0 Å². The molecule has 0 bridgehead atoms. The molecule has 3 heteroatoms. The van der Waals surface area contributed by atoms with Crippen LogP contribution in [0.15, 0.2) is 40.9 Å². The highest BCUT2D eigenvalue weighted by molar-refractivity contribution is 9.10. The number of rotatable bonds is 2. The van der Waals surface area contributed by atoms with E-state index >= 15 is 0 Å². The fourth-order valence-electron chi connectivity index (χ4n) is 1.85.